The number of fused-ring (bicyclic) bond motifs is 2. The lowest BCUT2D eigenvalue weighted by Gasteiger charge is -2.38. The van der Waals surface area contributed by atoms with E-state index in [0.29, 0.717) is 29.7 Å². The first kappa shape index (κ1) is 24.4. The lowest BCUT2D eigenvalue weighted by Crippen LogP contribution is -2.44. The molecule has 1 aromatic carbocycles. The Bertz CT molecular complexity index is 1090. The Labute approximate surface area is 216 Å². The van der Waals surface area contributed by atoms with E-state index in [1.54, 1.807) is 0 Å². The summed E-state index contributed by atoms with van der Waals surface area (Å²) in [6.07, 6.45) is 13.3. The van der Waals surface area contributed by atoms with Gasteiger partial charge in [-0.2, -0.15) is 0 Å². The number of nitrogens with one attached hydrogen (secondary N) is 1. The summed E-state index contributed by atoms with van der Waals surface area (Å²) in [5.41, 5.74) is 2.05. The second-order valence-corrected chi connectivity index (χ2v) is 12.3. The van der Waals surface area contributed by atoms with Crippen LogP contribution >= 0.6 is 0 Å². The number of likely N-dealkylation sites (tertiary alicyclic amines) is 1. The molecule has 4 fully saturated rings. The van der Waals surface area contributed by atoms with Gasteiger partial charge in [-0.05, 0) is 69.9 Å². The summed E-state index contributed by atoms with van der Waals surface area (Å²) in [5, 5.41) is 3.52. The molecule has 2 aromatic rings. The lowest BCUT2D eigenvalue weighted by molar-refractivity contribution is 0.101. The fraction of sp³-hybridized carbons (Fsp3) is 0.733. The van der Waals surface area contributed by atoms with Gasteiger partial charge in [-0.15, -0.1) is 0 Å². The van der Waals surface area contributed by atoms with Crippen molar-refractivity contribution in [1.29, 1.82) is 0 Å². The molecule has 3 unspecified atom stereocenters. The molecule has 4 aliphatic rings. The van der Waals surface area contributed by atoms with Crippen LogP contribution in [0.2, 0.25) is 0 Å². The van der Waals surface area contributed by atoms with Gasteiger partial charge in [-0.1, -0.05) is 44.2 Å². The minimum Gasteiger partial charge on any atom is -0.351 e. The second kappa shape index (κ2) is 10.4. The van der Waals surface area contributed by atoms with E-state index in [0.717, 1.165) is 49.7 Å². The van der Waals surface area contributed by atoms with Crippen LogP contribution in [-0.4, -0.2) is 58.8 Å². The van der Waals surface area contributed by atoms with E-state index in [2.05, 4.69) is 57.8 Å². The third kappa shape index (κ3) is 4.60. The smallest absolute Gasteiger partial charge is 0.294 e. The molecule has 3 aliphatic heterocycles. The lowest BCUT2D eigenvalue weighted by atomic mass is 9.94. The summed E-state index contributed by atoms with van der Waals surface area (Å²) in [7, 11) is 0. The van der Waals surface area contributed by atoms with Crippen LogP contribution in [0, 0.1) is 11.8 Å². The van der Waals surface area contributed by atoms with E-state index in [1.807, 2.05) is 0 Å². The summed E-state index contributed by atoms with van der Waals surface area (Å²) in [4.78, 5) is 24.2. The molecule has 6 rings (SSSR count). The van der Waals surface area contributed by atoms with Gasteiger partial charge >= 0.3 is 0 Å². The molecule has 5 atom stereocenters. The van der Waals surface area contributed by atoms with Crippen LogP contribution in [0.1, 0.15) is 84.1 Å². The topological polar surface area (TPSA) is 53.4 Å². The van der Waals surface area contributed by atoms with Crippen LogP contribution < -0.4 is 15.8 Å². The normalized spacial score (nSPS) is 31.0. The SMILES string of the molecule is CC1CC[C@@H](C[C@H](C)n2c(=O)c(N3CC4CNCC4C3)nc3ccccc32)N1C1CCCCCCC1. The van der Waals surface area contributed by atoms with Gasteiger partial charge in [-0.3, -0.25) is 9.69 Å². The van der Waals surface area contributed by atoms with E-state index in [-0.39, 0.29) is 11.6 Å². The van der Waals surface area contributed by atoms with Crippen molar-refractivity contribution in [3.8, 4) is 0 Å². The van der Waals surface area contributed by atoms with Crippen molar-refractivity contribution in [2.45, 2.75) is 102 Å². The van der Waals surface area contributed by atoms with Gasteiger partial charge in [0.05, 0.1) is 11.0 Å². The molecule has 36 heavy (non-hydrogen) atoms. The van der Waals surface area contributed by atoms with Crippen molar-refractivity contribution >= 4 is 16.9 Å². The van der Waals surface area contributed by atoms with Gasteiger partial charge in [0, 0.05) is 50.3 Å². The van der Waals surface area contributed by atoms with Gasteiger partial charge in [0.1, 0.15) is 0 Å². The maximum atomic E-state index is 14.1. The number of rotatable bonds is 5. The molecule has 6 nitrogen and oxygen atoms in total. The number of nitrogens with zero attached hydrogens (tertiary/aromatic N) is 4. The van der Waals surface area contributed by atoms with Crippen LogP contribution in [0.15, 0.2) is 29.1 Å². The van der Waals surface area contributed by atoms with Gasteiger partial charge in [0.2, 0.25) is 0 Å². The summed E-state index contributed by atoms with van der Waals surface area (Å²) in [6, 6.07) is 10.4. The largest absolute Gasteiger partial charge is 0.351 e. The summed E-state index contributed by atoms with van der Waals surface area (Å²) < 4.78 is 2.10. The van der Waals surface area contributed by atoms with Crippen molar-refractivity contribution < 1.29 is 0 Å². The van der Waals surface area contributed by atoms with Crippen molar-refractivity contribution in [3.05, 3.63) is 34.6 Å². The van der Waals surface area contributed by atoms with Crippen LogP contribution in [0.25, 0.3) is 11.0 Å². The zero-order valence-corrected chi connectivity index (χ0v) is 22.4. The molecule has 1 N–H and O–H groups in total. The highest BCUT2D eigenvalue weighted by Crippen LogP contribution is 2.36. The van der Waals surface area contributed by atoms with E-state index >= 15 is 0 Å². The quantitative estimate of drug-likeness (QED) is 0.640. The first-order chi connectivity index (χ1) is 17.6. The van der Waals surface area contributed by atoms with Crippen LogP contribution in [-0.2, 0) is 0 Å². The monoisotopic (exact) mass is 491 g/mol. The number of hydrogen-bond acceptors (Lipinski definition) is 5. The Hall–Kier alpha value is -1.92. The van der Waals surface area contributed by atoms with Crippen molar-refractivity contribution in [2.75, 3.05) is 31.1 Å². The Kier molecular flexibility index (Phi) is 7.09. The predicted octanol–water partition coefficient (Wildman–Crippen LogP) is 4.97. The molecule has 0 spiro atoms. The Morgan fingerprint density at radius 2 is 1.67 bits per heavy atom. The zero-order chi connectivity index (χ0) is 24.6. The molecule has 1 aliphatic carbocycles. The second-order valence-electron chi connectivity index (χ2n) is 12.3. The van der Waals surface area contributed by atoms with Gasteiger partial charge in [0.15, 0.2) is 5.82 Å². The fourth-order valence-electron chi connectivity index (χ4n) is 8.03. The van der Waals surface area contributed by atoms with Gasteiger partial charge in [0.25, 0.3) is 5.56 Å². The van der Waals surface area contributed by atoms with Gasteiger partial charge < -0.3 is 14.8 Å². The maximum Gasteiger partial charge on any atom is 0.294 e. The Morgan fingerprint density at radius 1 is 0.972 bits per heavy atom. The number of para-hydroxylation sites is 2. The average Bonchev–Trinajstić information content (AvgIpc) is 3.54. The number of benzene rings is 1. The first-order valence-corrected chi connectivity index (χ1v) is 14.8. The molecular weight excluding hydrogens is 446 g/mol. The summed E-state index contributed by atoms with van der Waals surface area (Å²) in [6.45, 7) is 8.74. The zero-order valence-electron chi connectivity index (χ0n) is 22.4. The van der Waals surface area contributed by atoms with Gasteiger partial charge in [-0.25, -0.2) is 4.98 Å². The molecule has 1 aromatic heterocycles. The molecule has 1 saturated carbocycles. The molecule has 196 valence electrons. The molecule has 0 bridgehead atoms. The highest BCUT2D eigenvalue weighted by Gasteiger charge is 2.39. The van der Waals surface area contributed by atoms with Crippen LogP contribution in [0.5, 0.6) is 0 Å². The van der Waals surface area contributed by atoms with Crippen molar-refractivity contribution in [2.24, 2.45) is 11.8 Å². The van der Waals surface area contributed by atoms with E-state index in [1.165, 1.54) is 57.8 Å². The van der Waals surface area contributed by atoms with E-state index in [4.69, 9.17) is 4.98 Å². The number of aromatic nitrogens is 2. The molecule has 6 heteroatoms. The Balaban J connectivity index is 1.29. The molecule has 0 radical (unpaired) electrons. The van der Waals surface area contributed by atoms with E-state index < -0.39 is 0 Å². The number of hydrogen-bond donors (Lipinski definition) is 1. The average molecular weight is 492 g/mol. The molecule has 4 heterocycles. The summed E-state index contributed by atoms with van der Waals surface area (Å²) in [5.74, 6) is 1.95. The van der Waals surface area contributed by atoms with Crippen LogP contribution in [0.4, 0.5) is 5.82 Å². The third-order valence-corrected chi connectivity index (χ3v) is 9.87. The van der Waals surface area contributed by atoms with E-state index in [9.17, 15) is 4.79 Å². The molecule has 0 amide bonds. The maximum absolute atomic E-state index is 14.1. The highest BCUT2D eigenvalue weighted by molar-refractivity contribution is 5.76. The Morgan fingerprint density at radius 3 is 2.42 bits per heavy atom. The van der Waals surface area contributed by atoms with Crippen molar-refractivity contribution in [1.82, 2.24) is 19.8 Å². The standard InChI is InChI=1S/C30H45N5O/c1-21-14-15-26(34(21)25-10-6-4-3-5-7-11-25)16-22(2)35-28-13-9-8-12-27(28)32-29(30(35)36)33-19-23-17-31-18-24(23)20-33/h8-9,12-13,21-26,31H,3-7,10-11,14-20H2,1-2H3/t21?,22-,23?,24?,26-/m0/s1. The highest BCUT2D eigenvalue weighted by atomic mass is 16.1. The van der Waals surface area contributed by atoms with Crippen molar-refractivity contribution in [3.63, 3.8) is 0 Å². The molecule has 3 saturated heterocycles. The minimum atomic E-state index is 0.109. The fourth-order valence-corrected chi connectivity index (χ4v) is 8.03. The predicted molar refractivity (Wildman–Crippen MR) is 148 cm³/mol. The third-order valence-electron chi connectivity index (χ3n) is 9.87. The van der Waals surface area contributed by atoms with Crippen LogP contribution in [0.3, 0.4) is 0 Å². The minimum absolute atomic E-state index is 0.109. The first-order valence-electron chi connectivity index (χ1n) is 14.8. The summed E-state index contributed by atoms with van der Waals surface area (Å²) >= 11 is 0. The number of anilines is 1. The molecular formula is C30H45N5O.